The van der Waals surface area contributed by atoms with Gasteiger partial charge in [0.2, 0.25) is 5.82 Å². The highest BCUT2D eigenvalue weighted by Gasteiger charge is 2.15. The highest BCUT2D eigenvalue weighted by Crippen LogP contribution is 2.14. The Kier molecular flexibility index (Phi) is 3.32. The van der Waals surface area contributed by atoms with Crippen molar-refractivity contribution in [2.45, 2.75) is 19.4 Å². The zero-order valence-electron chi connectivity index (χ0n) is 10.3. The first-order valence-corrected chi connectivity index (χ1v) is 6.46. The summed E-state index contributed by atoms with van der Waals surface area (Å²) in [5, 5.41) is 16.1. The minimum atomic E-state index is 0.622. The van der Waals surface area contributed by atoms with E-state index in [1.807, 2.05) is 30.3 Å². The van der Waals surface area contributed by atoms with Gasteiger partial charge in [0, 0.05) is 5.56 Å². The summed E-state index contributed by atoms with van der Waals surface area (Å²) in [5.41, 5.74) is 1.02. The molecule has 0 aliphatic carbocycles. The number of piperidine rings is 1. The molecule has 5 nitrogen and oxygen atoms in total. The molecule has 1 aliphatic heterocycles. The molecular formula is C13H17N5. The fourth-order valence-electron chi connectivity index (χ4n) is 2.33. The van der Waals surface area contributed by atoms with E-state index in [9.17, 15) is 0 Å². The van der Waals surface area contributed by atoms with E-state index in [0.717, 1.165) is 25.2 Å². The molecule has 0 radical (unpaired) electrons. The van der Waals surface area contributed by atoms with Crippen LogP contribution in [0.1, 0.15) is 12.8 Å². The van der Waals surface area contributed by atoms with Gasteiger partial charge in [0.25, 0.3) is 0 Å². The average Bonchev–Trinajstić information content (AvgIpc) is 2.89. The summed E-state index contributed by atoms with van der Waals surface area (Å²) in [6, 6.07) is 9.97. The van der Waals surface area contributed by atoms with Crippen LogP contribution in [0.5, 0.6) is 0 Å². The van der Waals surface area contributed by atoms with Crippen LogP contribution in [-0.2, 0) is 6.54 Å². The molecule has 1 aromatic carbocycles. The van der Waals surface area contributed by atoms with E-state index in [4.69, 9.17) is 0 Å². The first-order chi connectivity index (χ1) is 8.92. The average molecular weight is 243 g/mol. The standard InChI is InChI=1S/C13H17N5/c1-2-6-12(7-3-1)13-15-17-18(16-13)10-11-5-4-8-14-9-11/h1-3,6-7,11,14H,4-5,8-10H2. The number of tetrazole rings is 1. The SMILES string of the molecule is c1ccc(-c2nnn(CC3CCCNC3)n2)cc1. The van der Waals surface area contributed by atoms with Gasteiger partial charge in [-0.05, 0) is 37.1 Å². The van der Waals surface area contributed by atoms with Crippen LogP contribution in [0.25, 0.3) is 11.4 Å². The van der Waals surface area contributed by atoms with Crippen molar-refractivity contribution in [1.82, 2.24) is 25.5 Å². The predicted octanol–water partition coefficient (Wildman–Crippen LogP) is 1.34. The van der Waals surface area contributed by atoms with Crippen LogP contribution in [0.4, 0.5) is 0 Å². The van der Waals surface area contributed by atoms with Crippen molar-refractivity contribution in [2.24, 2.45) is 5.92 Å². The third-order valence-electron chi connectivity index (χ3n) is 3.31. The normalized spacial score (nSPS) is 19.9. The zero-order valence-corrected chi connectivity index (χ0v) is 10.3. The molecule has 1 unspecified atom stereocenters. The van der Waals surface area contributed by atoms with E-state index in [2.05, 4.69) is 20.7 Å². The van der Waals surface area contributed by atoms with Crippen molar-refractivity contribution >= 4 is 0 Å². The molecule has 2 aromatic rings. The van der Waals surface area contributed by atoms with Gasteiger partial charge in [-0.1, -0.05) is 30.3 Å². The molecule has 0 amide bonds. The van der Waals surface area contributed by atoms with Crippen LogP contribution >= 0.6 is 0 Å². The van der Waals surface area contributed by atoms with Gasteiger partial charge in [-0.2, -0.15) is 4.80 Å². The van der Waals surface area contributed by atoms with E-state index in [-0.39, 0.29) is 0 Å². The third-order valence-corrected chi connectivity index (χ3v) is 3.31. The summed E-state index contributed by atoms with van der Waals surface area (Å²) >= 11 is 0. The van der Waals surface area contributed by atoms with E-state index in [1.54, 1.807) is 4.80 Å². The summed E-state index contributed by atoms with van der Waals surface area (Å²) in [6.07, 6.45) is 2.49. The van der Waals surface area contributed by atoms with Gasteiger partial charge in [0.1, 0.15) is 0 Å². The van der Waals surface area contributed by atoms with Crippen LogP contribution in [0.2, 0.25) is 0 Å². The molecular weight excluding hydrogens is 226 g/mol. The van der Waals surface area contributed by atoms with Crippen molar-refractivity contribution in [3.63, 3.8) is 0 Å². The Morgan fingerprint density at radius 2 is 2.17 bits per heavy atom. The minimum Gasteiger partial charge on any atom is -0.316 e. The number of aromatic nitrogens is 4. The topological polar surface area (TPSA) is 55.6 Å². The van der Waals surface area contributed by atoms with E-state index in [1.165, 1.54) is 12.8 Å². The molecule has 0 saturated carbocycles. The predicted molar refractivity (Wildman–Crippen MR) is 68.8 cm³/mol. The second-order valence-corrected chi connectivity index (χ2v) is 4.75. The lowest BCUT2D eigenvalue weighted by molar-refractivity contribution is 0.307. The summed E-state index contributed by atoms with van der Waals surface area (Å²) in [6.45, 7) is 3.05. The van der Waals surface area contributed by atoms with Gasteiger partial charge in [-0.25, -0.2) is 0 Å². The molecule has 1 N–H and O–H groups in total. The van der Waals surface area contributed by atoms with Crippen molar-refractivity contribution in [1.29, 1.82) is 0 Å². The summed E-state index contributed by atoms with van der Waals surface area (Å²) in [4.78, 5) is 1.72. The van der Waals surface area contributed by atoms with E-state index >= 15 is 0 Å². The fraction of sp³-hybridized carbons (Fsp3) is 0.462. The maximum atomic E-state index is 4.44. The van der Waals surface area contributed by atoms with Crippen molar-refractivity contribution in [2.75, 3.05) is 13.1 Å². The fourth-order valence-corrected chi connectivity index (χ4v) is 2.33. The lowest BCUT2D eigenvalue weighted by Gasteiger charge is -2.21. The molecule has 3 rings (SSSR count). The molecule has 18 heavy (non-hydrogen) atoms. The minimum absolute atomic E-state index is 0.622. The van der Waals surface area contributed by atoms with Gasteiger partial charge in [-0.15, -0.1) is 10.2 Å². The molecule has 1 saturated heterocycles. The van der Waals surface area contributed by atoms with E-state index < -0.39 is 0 Å². The molecule has 1 aromatic heterocycles. The lowest BCUT2D eigenvalue weighted by atomic mass is 10.0. The van der Waals surface area contributed by atoms with Crippen LogP contribution in [-0.4, -0.2) is 33.3 Å². The van der Waals surface area contributed by atoms with Crippen molar-refractivity contribution < 1.29 is 0 Å². The largest absolute Gasteiger partial charge is 0.316 e. The van der Waals surface area contributed by atoms with Gasteiger partial charge in [-0.3, -0.25) is 0 Å². The molecule has 0 spiro atoms. The van der Waals surface area contributed by atoms with Crippen molar-refractivity contribution in [3.05, 3.63) is 30.3 Å². The molecule has 0 bridgehead atoms. The lowest BCUT2D eigenvalue weighted by Crippen LogP contribution is -2.32. The first kappa shape index (κ1) is 11.3. The molecule has 5 heteroatoms. The quantitative estimate of drug-likeness (QED) is 0.884. The number of hydrogen-bond acceptors (Lipinski definition) is 4. The highest BCUT2D eigenvalue weighted by atomic mass is 15.6. The number of nitrogens with zero attached hydrogens (tertiary/aromatic N) is 4. The van der Waals surface area contributed by atoms with Crippen LogP contribution in [0.3, 0.4) is 0 Å². The van der Waals surface area contributed by atoms with Gasteiger partial charge in [0.15, 0.2) is 0 Å². The first-order valence-electron chi connectivity index (χ1n) is 6.46. The molecule has 1 aliphatic rings. The second-order valence-electron chi connectivity index (χ2n) is 4.75. The molecule has 2 heterocycles. The Hall–Kier alpha value is -1.75. The van der Waals surface area contributed by atoms with Crippen LogP contribution in [0, 0.1) is 5.92 Å². The summed E-state index contributed by atoms with van der Waals surface area (Å²) in [5.74, 6) is 1.33. The number of nitrogens with one attached hydrogen (secondary N) is 1. The Labute approximate surface area is 106 Å². The van der Waals surface area contributed by atoms with Crippen LogP contribution < -0.4 is 5.32 Å². The monoisotopic (exact) mass is 243 g/mol. The third kappa shape index (κ3) is 2.56. The number of hydrogen-bond donors (Lipinski definition) is 1. The van der Waals surface area contributed by atoms with Gasteiger partial charge >= 0.3 is 0 Å². The Morgan fingerprint density at radius 3 is 2.94 bits per heavy atom. The molecule has 1 fully saturated rings. The Morgan fingerprint density at radius 1 is 1.28 bits per heavy atom. The Balaban J connectivity index is 1.69. The highest BCUT2D eigenvalue weighted by molar-refractivity contribution is 5.52. The number of rotatable bonds is 3. The molecule has 94 valence electrons. The van der Waals surface area contributed by atoms with Gasteiger partial charge in [0.05, 0.1) is 6.54 Å². The zero-order chi connectivity index (χ0) is 12.2. The van der Waals surface area contributed by atoms with Crippen LogP contribution in [0.15, 0.2) is 30.3 Å². The summed E-state index contributed by atoms with van der Waals surface area (Å²) in [7, 11) is 0. The Bertz CT molecular complexity index is 487. The second kappa shape index (κ2) is 5.27. The molecule has 1 atom stereocenters. The summed E-state index contributed by atoms with van der Waals surface area (Å²) < 4.78 is 0. The van der Waals surface area contributed by atoms with E-state index in [0.29, 0.717) is 11.7 Å². The smallest absolute Gasteiger partial charge is 0.204 e. The number of benzene rings is 1. The van der Waals surface area contributed by atoms with Gasteiger partial charge < -0.3 is 5.32 Å². The maximum Gasteiger partial charge on any atom is 0.204 e. The maximum absolute atomic E-state index is 4.44. The van der Waals surface area contributed by atoms with Crippen molar-refractivity contribution in [3.8, 4) is 11.4 Å².